The lowest BCUT2D eigenvalue weighted by Crippen LogP contribution is -2.12. The van der Waals surface area contributed by atoms with Gasteiger partial charge in [-0.25, -0.2) is 9.59 Å². The van der Waals surface area contributed by atoms with Gasteiger partial charge in [0.25, 0.3) is 5.91 Å². The van der Waals surface area contributed by atoms with Crippen molar-refractivity contribution < 1.29 is 24.6 Å². The van der Waals surface area contributed by atoms with Crippen molar-refractivity contribution in [2.75, 3.05) is 5.32 Å². The SMILES string of the molecule is CC.O=C(O)c1ccc(NC(=O)c2ccc3cc(C(=O)O)ccc3c2)cc1. The number of carbonyl (C=O) groups excluding carboxylic acids is 1. The molecular formula is C21H19NO5. The highest BCUT2D eigenvalue weighted by molar-refractivity contribution is 6.07. The van der Waals surface area contributed by atoms with Gasteiger partial charge in [-0.2, -0.15) is 0 Å². The van der Waals surface area contributed by atoms with Crippen LogP contribution in [0.2, 0.25) is 0 Å². The summed E-state index contributed by atoms with van der Waals surface area (Å²) in [5.41, 5.74) is 1.22. The van der Waals surface area contributed by atoms with Crippen LogP contribution >= 0.6 is 0 Å². The Balaban J connectivity index is 0.00000126. The maximum atomic E-state index is 12.3. The molecule has 0 aliphatic rings. The molecule has 0 atom stereocenters. The molecule has 0 aliphatic carbocycles. The molecule has 6 nitrogen and oxygen atoms in total. The Morgan fingerprint density at radius 3 is 1.63 bits per heavy atom. The molecule has 3 rings (SSSR count). The third-order valence-corrected chi connectivity index (χ3v) is 3.74. The monoisotopic (exact) mass is 365 g/mol. The second-order valence-electron chi connectivity index (χ2n) is 5.42. The minimum Gasteiger partial charge on any atom is -0.478 e. The van der Waals surface area contributed by atoms with E-state index in [0.29, 0.717) is 11.3 Å². The zero-order chi connectivity index (χ0) is 20.0. The van der Waals surface area contributed by atoms with E-state index in [0.717, 1.165) is 10.8 Å². The van der Waals surface area contributed by atoms with Crippen molar-refractivity contribution in [2.24, 2.45) is 0 Å². The molecule has 0 radical (unpaired) electrons. The van der Waals surface area contributed by atoms with Gasteiger partial charge in [0.15, 0.2) is 0 Å². The van der Waals surface area contributed by atoms with Gasteiger partial charge in [-0.1, -0.05) is 26.0 Å². The van der Waals surface area contributed by atoms with Crippen LogP contribution in [0.15, 0.2) is 60.7 Å². The Morgan fingerprint density at radius 1 is 0.667 bits per heavy atom. The third kappa shape index (κ3) is 4.70. The third-order valence-electron chi connectivity index (χ3n) is 3.74. The molecule has 0 spiro atoms. The summed E-state index contributed by atoms with van der Waals surface area (Å²) < 4.78 is 0. The van der Waals surface area contributed by atoms with Crippen LogP contribution in [0.1, 0.15) is 44.9 Å². The molecule has 3 N–H and O–H groups in total. The first-order valence-corrected chi connectivity index (χ1v) is 8.36. The van der Waals surface area contributed by atoms with E-state index in [-0.39, 0.29) is 17.0 Å². The summed E-state index contributed by atoms with van der Waals surface area (Å²) in [6, 6.07) is 15.5. The van der Waals surface area contributed by atoms with Crippen LogP contribution in [-0.2, 0) is 0 Å². The minimum atomic E-state index is -1.03. The van der Waals surface area contributed by atoms with Gasteiger partial charge in [-0.3, -0.25) is 4.79 Å². The van der Waals surface area contributed by atoms with Gasteiger partial charge in [0, 0.05) is 11.3 Å². The summed E-state index contributed by atoms with van der Waals surface area (Å²) in [6.45, 7) is 4.00. The largest absolute Gasteiger partial charge is 0.478 e. The van der Waals surface area contributed by atoms with Crippen molar-refractivity contribution in [1.29, 1.82) is 0 Å². The lowest BCUT2D eigenvalue weighted by molar-refractivity contribution is 0.0686. The lowest BCUT2D eigenvalue weighted by atomic mass is 10.0. The van der Waals surface area contributed by atoms with Crippen LogP contribution in [0.5, 0.6) is 0 Å². The maximum absolute atomic E-state index is 12.3. The summed E-state index contributed by atoms with van der Waals surface area (Å²) in [6.07, 6.45) is 0. The van der Waals surface area contributed by atoms with Crippen LogP contribution in [0, 0.1) is 0 Å². The number of anilines is 1. The molecule has 0 fully saturated rings. The molecule has 3 aromatic carbocycles. The summed E-state index contributed by atoms with van der Waals surface area (Å²) in [7, 11) is 0. The Bertz CT molecular complexity index is 993. The summed E-state index contributed by atoms with van der Waals surface area (Å²) in [5.74, 6) is -2.38. The van der Waals surface area contributed by atoms with E-state index < -0.39 is 11.9 Å². The first-order valence-electron chi connectivity index (χ1n) is 8.36. The zero-order valence-corrected chi connectivity index (χ0v) is 14.9. The van der Waals surface area contributed by atoms with E-state index in [1.54, 1.807) is 30.3 Å². The molecule has 6 heteroatoms. The van der Waals surface area contributed by atoms with E-state index in [4.69, 9.17) is 10.2 Å². The fourth-order valence-corrected chi connectivity index (χ4v) is 2.42. The van der Waals surface area contributed by atoms with Crippen molar-refractivity contribution in [3.05, 3.63) is 77.4 Å². The van der Waals surface area contributed by atoms with E-state index in [1.165, 1.54) is 30.3 Å². The summed E-state index contributed by atoms with van der Waals surface area (Å²) >= 11 is 0. The highest BCUT2D eigenvalue weighted by Gasteiger charge is 2.09. The summed E-state index contributed by atoms with van der Waals surface area (Å²) in [4.78, 5) is 34.1. The second-order valence-corrected chi connectivity index (χ2v) is 5.42. The molecule has 0 saturated carbocycles. The number of rotatable bonds is 4. The fraction of sp³-hybridized carbons (Fsp3) is 0.0952. The predicted octanol–water partition coefficient (Wildman–Crippen LogP) is 4.51. The van der Waals surface area contributed by atoms with Gasteiger partial charge >= 0.3 is 11.9 Å². The topological polar surface area (TPSA) is 104 Å². The molecule has 138 valence electrons. The minimum absolute atomic E-state index is 0.137. The average Bonchev–Trinajstić information content (AvgIpc) is 2.69. The van der Waals surface area contributed by atoms with Gasteiger partial charge < -0.3 is 15.5 Å². The van der Waals surface area contributed by atoms with Crippen LogP contribution in [0.25, 0.3) is 10.8 Å². The predicted molar refractivity (Wildman–Crippen MR) is 104 cm³/mol. The highest BCUT2D eigenvalue weighted by atomic mass is 16.4. The standard InChI is InChI=1S/C19H13NO5.C2H6/c21-17(20-16-7-5-11(6-8-16)18(22)23)14-3-1-13-10-15(19(24)25)4-2-12(13)9-14;1-2/h1-10H,(H,20,21)(H,22,23)(H,24,25);1-2H3. The molecule has 3 aromatic rings. The number of carboxylic acid groups (broad SMARTS) is 2. The van der Waals surface area contributed by atoms with Crippen LogP contribution < -0.4 is 5.32 Å². The number of hydrogen-bond donors (Lipinski definition) is 3. The van der Waals surface area contributed by atoms with Crippen molar-refractivity contribution in [3.8, 4) is 0 Å². The first kappa shape index (κ1) is 19.7. The van der Waals surface area contributed by atoms with E-state index in [9.17, 15) is 14.4 Å². The van der Waals surface area contributed by atoms with Gasteiger partial charge in [0.1, 0.15) is 0 Å². The van der Waals surface area contributed by atoms with Crippen molar-refractivity contribution in [3.63, 3.8) is 0 Å². The smallest absolute Gasteiger partial charge is 0.335 e. The number of hydrogen-bond acceptors (Lipinski definition) is 3. The van der Waals surface area contributed by atoms with E-state index in [2.05, 4.69) is 5.32 Å². The molecular weight excluding hydrogens is 346 g/mol. The average molecular weight is 365 g/mol. The molecule has 1 amide bonds. The number of nitrogens with one attached hydrogen (secondary N) is 1. The van der Waals surface area contributed by atoms with Crippen LogP contribution in [0.3, 0.4) is 0 Å². The molecule has 0 aromatic heterocycles. The number of amides is 1. The van der Waals surface area contributed by atoms with Crippen LogP contribution in [0.4, 0.5) is 5.69 Å². The normalized spacial score (nSPS) is 9.85. The highest BCUT2D eigenvalue weighted by Crippen LogP contribution is 2.19. The summed E-state index contributed by atoms with van der Waals surface area (Å²) in [5, 5.41) is 22.0. The van der Waals surface area contributed by atoms with E-state index in [1.807, 2.05) is 13.8 Å². The molecule has 0 saturated heterocycles. The quantitative estimate of drug-likeness (QED) is 0.631. The number of aromatic carboxylic acids is 2. The van der Waals surface area contributed by atoms with Gasteiger partial charge in [0.05, 0.1) is 11.1 Å². The Morgan fingerprint density at radius 2 is 1.11 bits per heavy atom. The van der Waals surface area contributed by atoms with Gasteiger partial charge in [0.2, 0.25) is 0 Å². The molecule has 0 bridgehead atoms. The maximum Gasteiger partial charge on any atom is 0.335 e. The molecule has 0 unspecified atom stereocenters. The molecule has 27 heavy (non-hydrogen) atoms. The lowest BCUT2D eigenvalue weighted by Gasteiger charge is -2.07. The Labute approximate surface area is 156 Å². The van der Waals surface area contributed by atoms with Crippen LogP contribution in [-0.4, -0.2) is 28.1 Å². The fourth-order valence-electron chi connectivity index (χ4n) is 2.42. The zero-order valence-electron chi connectivity index (χ0n) is 14.9. The van der Waals surface area contributed by atoms with Gasteiger partial charge in [-0.05, 0) is 59.3 Å². The number of benzene rings is 3. The Hall–Kier alpha value is -3.67. The number of fused-ring (bicyclic) bond motifs is 1. The van der Waals surface area contributed by atoms with E-state index >= 15 is 0 Å². The van der Waals surface area contributed by atoms with Crippen molar-refractivity contribution in [2.45, 2.75) is 13.8 Å². The Kier molecular flexibility index (Phi) is 6.27. The second kappa shape index (κ2) is 8.62. The van der Waals surface area contributed by atoms with Crippen molar-refractivity contribution >= 4 is 34.3 Å². The number of carboxylic acids is 2. The molecule has 0 aliphatic heterocycles. The van der Waals surface area contributed by atoms with Gasteiger partial charge in [-0.15, -0.1) is 0 Å². The van der Waals surface area contributed by atoms with Crippen molar-refractivity contribution in [1.82, 2.24) is 0 Å². The molecule has 0 heterocycles. The first-order chi connectivity index (χ1) is 12.9. The number of carbonyl (C=O) groups is 3.